The highest BCUT2D eigenvalue weighted by Crippen LogP contribution is 2.30. The van der Waals surface area contributed by atoms with Gasteiger partial charge >= 0.3 is 0 Å². The maximum atomic E-state index is 6.31. The number of nitrogens with two attached hydrogens (primary N) is 1. The molecule has 0 saturated carbocycles. The third-order valence-electron chi connectivity index (χ3n) is 2.90. The predicted molar refractivity (Wildman–Crippen MR) is 59.8 cm³/mol. The van der Waals surface area contributed by atoms with E-state index in [0.29, 0.717) is 13.2 Å². The van der Waals surface area contributed by atoms with Crippen molar-refractivity contribution < 1.29 is 9.47 Å². The zero-order valence-electron chi connectivity index (χ0n) is 10.3. The van der Waals surface area contributed by atoms with Crippen LogP contribution in [0.3, 0.4) is 0 Å². The summed E-state index contributed by atoms with van der Waals surface area (Å²) in [7, 11) is 1.88. The molecular formula is C11H19N3O2. The first-order chi connectivity index (χ1) is 7.32. The lowest BCUT2D eigenvalue weighted by Crippen LogP contribution is -2.54. The van der Waals surface area contributed by atoms with Crippen LogP contribution < -0.4 is 5.73 Å². The maximum Gasteiger partial charge on any atom is 0.162 e. The van der Waals surface area contributed by atoms with Gasteiger partial charge in [0.1, 0.15) is 0 Å². The lowest BCUT2D eigenvalue weighted by Gasteiger charge is -2.41. The quantitative estimate of drug-likeness (QED) is 0.763. The Labute approximate surface area is 95.5 Å². The molecule has 5 heteroatoms. The van der Waals surface area contributed by atoms with Crippen LogP contribution in [-0.4, -0.2) is 28.8 Å². The van der Waals surface area contributed by atoms with E-state index < -0.39 is 11.3 Å². The summed E-state index contributed by atoms with van der Waals surface area (Å²) in [6.45, 7) is 6.63. The Morgan fingerprint density at radius 2 is 1.94 bits per heavy atom. The number of rotatable bonds is 1. The molecule has 1 aromatic heterocycles. The molecule has 0 amide bonds. The number of hydrogen-bond acceptors (Lipinski definition) is 4. The molecule has 1 aromatic rings. The van der Waals surface area contributed by atoms with Crippen LogP contribution in [0.25, 0.3) is 0 Å². The van der Waals surface area contributed by atoms with Crippen LogP contribution >= 0.6 is 0 Å². The topological polar surface area (TPSA) is 62.3 Å². The Morgan fingerprint density at radius 1 is 1.38 bits per heavy atom. The van der Waals surface area contributed by atoms with Crippen molar-refractivity contribution in [1.82, 2.24) is 9.78 Å². The summed E-state index contributed by atoms with van der Waals surface area (Å²) in [4.78, 5) is 0. The number of aromatic nitrogens is 2. The molecule has 2 heterocycles. The van der Waals surface area contributed by atoms with E-state index in [1.54, 1.807) is 4.68 Å². The van der Waals surface area contributed by atoms with Gasteiger partial charge in [-0.2, -0.15) is 5.10 Å². The minimum atomic E-state index is -0.589. The molecule has 90 valence electrons. The van der Waals surface area contributed by atoms with Crippen LogP contribution in [0.4, 0.5) is 0 Å². The molecule has 5 nitrogen and oxygen atoms in total. The van der Waals surface area contributed by atoms with Gasteiger partial charge in [0.05, 0.1) is 24.4 Å². The van der Waals surface area contributed by atoms with E-state index in [9.17, 15) is 0 Å². The number of hydrogen-bond donors (Lipinski definition) is 1. The van der Waals surface area contributed by atoms with Crippen molar-refractivity contribution in [3.8, 4) is 0 Å². The lowest BCUT2D eigenvalue weighted by atomic mass is 9.92. The fraction of sp³-hybridized carbons (Fsp3) is 0.727. The largest absolute Gasteiger partial charge is 0.348 e. The second kappa shape index (κ2) is 3.55. The summed E-state index contributed by atoms with van der Waals surface area (Å²) in [5.74, 6) is -0.543. The van der Waals surface area contributed by atoms with Crippen molar-refractivity contribution in [2.24, 2.45) is 12.8 Å². The SMILES string of the molecule is Cc1nn(C)cc1C1(N)COC(C)(C)OC1. The minimum Gasteiger partial charge on any atom is -0.348 e. The van der Waals surface area contributed by atoms with Gasteiger partial charge in [-0.25, -0.2) is 0 Å². The average Bonchev–Trinajstić information content (AvgIpc) is 2.52. The van der Waals surface area contributed by atoms with Gasteiger partial charge in [0, 0.05) is 18.8 Å². The lowest BCUT2D eigenvalue weighted by molar-refractivity contribution is -0.268. The molecule has 0 bridgehead atoms. The summed E-state index contributed by atoms with van der Waals surface area (Å²) < 4.78 is 13.0. The zero-order chi connectivity index (χ0) is 12.0. The summed E-state index contributed by atoms with van der Waals surface area (Å²) >= 11 is 0. The molecule has 0 aliphatic carbocycles. The van der Waals surface area contributed by atoms with E-state index in [1.807, 2.05) is 34.0 Å². The summed E-state index contributed by atoms with van der Waals surface area (Å²) in [6.07, 6.45) is 1.93. The molecule has 0 unspecified atom stereocenters. The highest BCUT2D eigenvalue weighted by Gasteiger charge is 2.40. The molecule has 0 spiro atoms. The number of nitrogens with zero attached hydrogens (tertiary/aromatic N) is 2. The molecule has 0 atom stereocenters. The van der Waals surface area contributed by atoms with Crippen LogP contribution in [0.15, 0.2) is 6.20 Å². The van der Waals surface area contributed by atoms with Gasteiger partial charge in [0.15, 0.2) is 5.79 Å². The van der Waals surface area contributed by atoms with E-state index in [4.69, 9.17) is 15.2 Å². The van der Waals surface area contributed by atoms with E-state index >= 15 is 0 Å². The van der Waals surface area contributed by atoms with Crippen molar-refractivity contribution in [2.45, 2.75) is 32.1 Å². The fourth-order valence-corrected chi connectivity index (χ4v) is 1.93. The highest BCUT2D eigenvalue weighted by atomic mass is 16.7. The van der Waals surface area contributed by atoms with Gasteiger partial charge in [-0.1, -0.05) is 0 Å². The molecule has 0 aromatic carbocycles. The fourth-order valence-electron chi connectivity index (χ4n) is 1.93. The highest BCUT2D eigenvalue weighted by molar-refractivity contribution is 5.26. The summed E-state index contributed by atoms with van der Waals surface area (Å²) in [5, 5.41) is 4.29. The van der Waals surface area contributed by atoms with Crippen LogP contribution in [0.2, 0.25) is 0 Å². The summed E-state index contributed by atoms with van der Waals surface area (Å²) in [5.41, 5.74) is 7.64. The Morgan fingerprint density at radius 3 is 2.38 bits per heavy atom. The molecule has 1 saturated heterocycles. The minimum absolute atomic E-state index is 0.451. The molecule has 0 radical (unpaired) electrons. The molecule has 1 fully saturated rings. The van der Waals surface area contributed by atoms with Crippen LogP contribution in [0.5, 0.6) is 0 Å². The van der Waals surface area contributed by atoms with Gasteiger partial charge in [-0.3, -0.25) is 4.68 Å². The maximum absolute atomic E-state index is 6.31. The summed E-state index contributed by atoms with van der Waals surface area (Å²) in [6, 6.07) is 0. The third-order valence-corrected chi connectivity index (χ3v) is 2.90. The van der Waals surface area contributed by atoms with Gasteiger partial charge in [-0.15, -0.1) is 0 Å². The first-order valence-electron chi connectivity index (χ1n) is 5.40. The van der Waals surface area contributed by atoms with Gasteiger partial charge < -0.3 is 15.2 Å². The average molecular weight is 225 g/mol. The monoisotopic (exact) mass is 225 g/mol. The normalized spacial score (nSPS) is 23.3. The van der Waals surface area contributed by atoms with Crippen molar-refractivity contribution >= 4 is 0 Å². The molecule has 2 N–H and O–H groups in total. The predicted octanol–water partition coefficient (Wildman–Crippen LogP) is 0.665. The van der Waals surface area contributed by atoms with Gasteiger partial charge in [-0.05, 0) is 20.8 Å². The smallest absolute Gasteiger partial charge is 0.162 e. The van der Waals surface area contributed by atoms with Crippen molar-refractivity contribution in [3.63, 3.8) is 0 Å². The Bertz CT molecular complexity index is 388. The molecule has 1 aliphatic heterocycles. The van der Waals surface area contributed by atoms with Crippen molar-refractivity contribution in [1.29, 1.82) is 0 Å². The molecule has 2 rings (SSSR count). The molecular weight excluding hydrogens is 206 g/mol. The van der Waals surface area contributed by atoms with Gasteiger partial charge in [0.2, 0.25) is 0 Å². The molecule has 16 heavy (non-hydrogen) atoms. The molecule has 1 aliphatic rings. The van der Waals surface area contributed by atoms with E-state index in [-0.39, 0.29) is 0 Å². The van der Waals surface area contributed by atoms with Crippen molar-refractivity contribution in [2.75, 3.05) is 13.2 Å². The first kappa shape index (κ1) is 11.6. The second-order valence-corrected chi connectivity index (χ2v) is 4.94. The van der Waals surface area contributed by atoms with Crippen LogP contribution in [0.1, 0.15) is 25.1 Å². The Balaban J connectivity index is 2.24. The Kier molecular flexibility index (Phi) is 2.57. The second-order valence-electron chi connectivity index (χ2n) is 4.94. The van der Waals surface area contributed by atoms with E-state index in [0.717, 1.165) is 11.3 Å². The number of ether oxygens (including phenoxy) is 2. The standard InChI is InChI=1S/C11H19N3O2/c1-8-9(5-14(4)13-8)11(12)6-15-10(2,3)16-7-11/h5H,6-7,12H2,1-4H3. The third kappa shape index (κ3) is 1.98. The van der Waals surface area contributed by atoms with E-state index in [1.165, 1.54) is 0 Å². The van der Waals surface area contributed by atoms with E-state index in [2.05, 4.69) is 5.10 Å². The first-order valence-corrected chi connectivity index (χ1v) is 5.40. The van der Waals surface area contributed by atoms with Crippen LogP contribution in [0, 0.1) is 6.92 Å². The van der Waals surface area contributed by atoms with Crippen LogP contribution in [-0.2, 0) is 22.1 Å². The number of aryl methyl sites for hydroxylation is 2. The van der Waals surface area contributed by atoms with Gasteiger partial charge in [0.25, 0.3) is 0 Å². The zero-order valence-corrected chi connectivity index (χ0v) is 10.3. The Hall–Kier alpha value is -0.910. The van der Waals surface area contributed by atoms with Crippen molar-refractivity contribution in [3.05, 3.63) is 17.5 Å².